The lowest BCUT2D eigenvalue weighted by Gasteiger charge is -2.13. The molecule has 0 bridgehead atoms. The summed E-state index contributed by atoms with van der Waals surface area (Å²) in [5.74, 6) is 0.821. The van der Waals surface area contributed by atoms with E-state index < -0.39 is 0 Å². The molecule has 0 aliphatic carbocycles. The van der Waals surface area contributed by atoms with E-state index in [1.807, 2.05) is 68.4 Å². The Balaban J connectivity index is 1.64. The molecule has 0 aliphatic rings. The number of pyridine rings is 1. The summed E-state index contributed by atoms with van der Waals surface area (Å²) >= 11 is 1.43. The van der Waals surface area contributed by atoms with Gasteiger partial charge in [-0.05, 0) is 31.5 Å². The van der Waals surface area contributed by atoms with E-state index in [-0.39, 0.29) is 11.0 Å². The van der Waals surface area contributed by atoms with Crippen LogP contribution in [0.15, 0.2) is 84.3 Å². The number of rotatable bonds is 7. The average Bonchev–Trinajstić information content (AvgIpc) is 3.17. The molecule has 2 aromatic carbocycles. The fourth-order valence-corrected chi connectivity index (χ4v) is 4.08. The van der Waals surface area contributed by atoms with Crippen LogP contribution in [0.3, 0.4) is 0 Å². The first-order valence-corrected chi connectivity index (χ1v) is 10.6. The van der Waals surface area contributed by atoms with Gasteiger partial charge >= 0.3 is 0 Å². The summed E-state index contributed by atoms with van der Waals surface area (Å²) in [4.78, 5) is 17.1. The fraction of sp³-hybridized carbons (Fsp3) is 0.167. The highest BCUT2D eigenvalue weighted by Gasteiger charge is 2.22. The highest BCUT2D eigenvalue weighted by atomic mass is 32.2. The van der Waals surface area contributed by atoms with Crippen molar-refractivity contribution in [3.63, 3.8) is 0 Å². The molecule has 0 fully saturated rings. The Labute approximate surface area is 180 Å². The number of thioether (sulfide) groups is 1. The molecule has 4 aromatic rings. The van der Waals surface area contributed by atoms with Gasteiger partial charge in [0.2, 0.25) is 0 Å². The topological polar surface area (TPSA) is 60.7 Å². The van der Waals surface area contributed by atoms with Crippen molar-refractivity contribution < 1.29 is 4.79 Å². The normalized spacial score (nSPS) is 11.9. The number of aryl methyl sites for hydroxylation is 1. The Morgan fingerprint density at radius 3 is 2.47 bits per heavy atom. The summed E-state index contributed by atoms with van der Waals surface area (Å²) in [6.45, 7) is 4.54. The monoisotopic (exact) mass is 414 g/mol. The zero-order valence-corrected chi connectivity index (χ0v) is 17.7. The fourth-order valence-electron chi connectivity index (χ4n) is 3.16. The SMILES string of the molecule is Cc1ccc(C(=O)C(C)Sc2nnc(-c3cccnc3)n2Cc2ccccc2)cc1. The first kappa shape index (κ1) is 20.0. The second-order valence-corrected chi connectivity index (χ2v) is 8.42. The largest absolute Gasteiger partial charge is 0.297 e. The van der Waals surface area contributed by atoms with E-state index in [1.54, 1.807) is 12.4 Å². The number of ketones is 1. The van der Waals surface area contributed by atoms with Gasteiger partial charge in [0.15, 0.2) is 16.8 Å². The van der Waals surface area contributed by atoms with Gasteiger partial charge in [0.05, 0.1) is 11.8 Å². The molecule has 0 saturated carbocycles. The number of nitrogens with zero attached hydrogens (tertiary/aromatic N) is 4. The van der Waals surface area contributed by atoms with Crippen molar-refractivity contribution in [2.24, 2.45) is 0 Å². The van der Waals surface area contributed by atoms with Gasteiger partial charge in [-0.15, -0.1) is 10.2 Å². The second-order valence-electron chi connectivity index (χ2n) is 7.11. The van der Waals surface area contributed by atoms with Crippen LogP contribution in [0, 0.1) is 6.92 Å². The molecule has 150 valence electrons. The highest BCUT2D eigenvalue weighted by Crippen LogP contribution is 2.29. The summed E-state index contributed by atoms with van der Waals surface area (Å²) in [5.41, 5.74) is 3.88. The minimum Gasteiger partial charge on any atom is -0.297 e. The maximum Gasteiger partial charge on any atom is 0.192 e. The smallest absolute Gasteiger partial charge is 0.192 e. The van der Waals surface area contributed by atoms with E-state index in [2.05, 4.69) is 31.9 Å². The van der Waals surface area contributed by atoms with Crippen LogP contribution in [0.4, 0.5) is 0 Å². The third-order valence-electron chi connectivity index (χ3n) is 4.81. The molecule has 2 heterocycles. The molecule has 1 atom stereocenters. The van der Waals surface area contributed by atoms with Crippen LogP contribution in [0.2, 0.25) is 0 Å². The van der Waals surface area contributed by atoms with Crippen LogP contribution in [0.1, 0.15) is 28.4 Å². The number of Topliss-reactive ketones (excluding diaryl/α,β-unsaturated/α-hetero) is 1. The van der Waals surface area contributed by atoms with Crippen LogP contribution in [0.25, 0.3) is 11.4 Å². The Bertz CT molecular complexity index is 1130. The zero-order chi connectivity index (χ0) is 20.9. The molecule has 0 aliphatic heterocycles. The first-order valence-electron chi connectivity index (χ1n) is 9.77. The number of carbonyl (C=O) groups is 1. The molecule has 0 saturated heterocycles. The van der Waals surface area contributed by atoms with Gasteiger partial charge < -0.3 is 0 Å². The third-order valence-corrected chi connectivity index (χ3v) is 5.89. The highest BCUT2D eigenvalue weighted by molar-refractivity contribution is 8.00. The van der Waals surface area contributed by atoms with E-state index in [1.165, 1.54) is 11.8 Å². The van der Waals surface area contributed by atoms with Crippen LogP contribution < -0.4 is 0 Å². The maximum atomic E-state index is 12.9. The van der Waals surface area contributed by atoms with E-state index in [9.17, 15) is 4.79 Å². The van der Waals surface area contributed by atoms with E-state index >= 15 is 0 Å². The summed E-state index contributed by atoms with van der Waals surface area (Å²) in [6, 6.07) is 21.7. The quantitative estimate of drug-likeness (QED) is 0.312. The Hall–Kier alpha value is -3.25. The molecule has 0 amide bonds. The first-order chi connectivity index (χ1) is 14.6. The van der Waals surface area contributed by atoms with Gasteiger partial charge in [0.1, 0.15) is 0 Å². The van der Waals surface area contributed by atoms with Gasteiger partial charge in [0.25, 0.3) is 0 Å². The second kappa shape index (κ2) is 9.05. The molecule has 0 spiro atoms. The zero-order valence-electron chi connectivity index (χ0n) is 16.9. The van der Waals surface area contributed by atoms with Gasteiger partial charge in [-0.2, -0.15) is 0 Å². The average molecular weight is 415 g/mol. The number of benzene rings is 2. The minimum absolute atomic E-state index is 0.0807. The van der Waals surface area contributed by atoms with Crippen molar-refractivity contribution in [3.05, 3.63) is 95.8 Å². The Morgan fingerprint density at radius 1 is 1.00 bits per heavy atom. The lowest BCUT2D eigenvalue weighted by atomic mass is 10.1. The summed E-state index contributed by atoms with van der Waals surface area (Å²) in [6.07, 6.45) is 3.51. The molecule has 4 rings (SSSR count). The van der Waals surface area contributed by atoms with Gasteiger partial charge in [-0.25, -0.2) is 0 Å². The summed E-state index contributed by atoms with van der Waals surface area (Å²) in [5, 5.41) is 9.26. The minimum atomic E-state index is -0.284. The molecule has 1 unspecified atom stereocenters. The van der Waals surface area contributed by atoms with E-state index in [4.69, 9.17) is 0 Å². The van der Waals surface area contributed by atoms with Crippen LogP contribution in [0.5, 0.6) is 0 Å². The van der Waals surface area contributed by atoms with Crippen molar-refractivity contribution >= 4 is 17.5 Å². The van der Waals surface area contributed by atoms with Crippen molar-refractivity contribution in [1.29, 1.82) is 0 Å². The van der Waals surface area contributed by atoms with Crippen molar-refractivity contribution in [2.75, 3.05) is 0 Å². The summed E-state index contributed by atoms with van der Waals surface area (Å²) in [7, 11) is 0. The lowest BCUT2D eigenvalue weighted by Crippen LogP contribution is -2.15. The molecule has 2 aromatic heterocycles. The third kappa shape index (κ3) is 4.49. The molecule has 0 radical (unpaired) electrons. The van der Waals surface area contributed by atoms with Crippen LogP contribution in [-0.2, 0) is 6.54 Å². The van der Waals surface area contributed by atoms with Crippen molar-refractivity contribution in [3.8, 4) is 11.4 Å². The lowest BCUT2D eigenvalue weighted by molar-refractivity contribution is 0.0994. The van der Waals surface area contributed by atoms with E-state index in [0.29, 0.717) is 17.3 Å². The molecule has 0 N–H and O–H groups in total. The summed E-state index contributed by atoms with van der Waals surface area (Å²) < 4.78 is 2.05. The number of hydrogen-bond acceptors (Lipinski definition) is 5. The molecule has 6 heteroatoms. The Morgan fingerprint density at radius 2 is 1.77 bits per heavy atom. The van der Waals surface area contributed by atoms with Crippen molar-refractivity contribution in [1.82, 2.24) is 19.7 Å². The van der Waals surface area contributed by atoms with E-state index in [0.717, 1.165) is 22.5 Å². The number of carbonyl (C=O) groups excluding carboxylic acids is 1. The molecule has 30 heavy (non-hydrogen) atoms. The number of aromatic nitrogens is 4. The maximum absolute atomic E-state index is 12.9. The predicted octanol–water partition coefficient (Wildman–Crippen LogP) is 5.06. The van der Waals surface area contributed by atoms with Gasteiger partial charge in [-0.1, -0.05) is 71.9 Å². The standard InChI is InChI=1S/C24H22N4OS/c1-17-10-12-20(13-11-17)22(29)18(2)30-24-27-26-23(21-9-6-14-25-15-21)28(24)16-19-7-4-3-5-8-19/h3-15,18H,16H2,1-2H3. The molecule has 5 nitrogen and oxygen atoms in total. The van der Waals surface area contributed by atoms with Gasteiger partial charge in [0, 0.05) is 23.5 Å². The number of hydrogen-bond donors (Lipinski definition) is 0. The molecular weight excluding hydrogens is 392 g/mol. The Kier molecular flexibility index (Phi) is 6.05. The van der Waals surface area contributed by atoms with Crippen LogP contribution in [-0.4, -0.2) is 30.8 Å². The van der Waals surface area contributed by atoms with Crippen LogP contribution >= 0.6 is 11.8 Å². The predicted molar refractivity (Wildman–Crippen MR) is 120 cm³/mol. The van der Waals surface area contributed by atoms with Crippen molar-refractivity contribution in [2.45, 2.75) is 30.8 Å². The molecular formula is C24H22N4OS. The van der Waals surface area contributed by atoms with Gasteiger partial charge in [-0.3, -0.25) is 14.3 Å².